The highest BCUT2D eigenvalue weighted by molar-refractivity contribution is 7.99. The molecule has 2 rings (SSSR count). The quantitative estimate of drug-likeness (QED) is 0.613. The summed E-state index contributed by atoms with van der Waals surface area (Å²) in [4.78, 5) is 18.7. The minimum Gasteiger partial charge on any atom is -0.398 e. The first-order valence-electron chi connectivity index (χ1n) is 4.74. The van der Waals surface area contributed by atoms with E-state index >= 15 is 0 Å². The SMILES string of the molecule is Cc1ccc(N)c(Sc2nccc(=O)[nH]2)c1. The number of benzene rings is 1. The van der Waals surface area contributed by atoms with Gasteiger partial charge in [-0.15, -0.1) is 0 Å². The second-order valence-corrected chi connectivity index (χ2v) is 4.41. The number of nitrogens with two attached hydrogens (primary N) is 1. The van der Waals surface area contributed by atoms with E-state index in [1.807, 2.05) is 25.1 Å². The minimum atomic E-state index is -0.163. The first-order chi connectivity index (χ1) is 7.65. The predicted octanol–water partition coefficient (Wildman–Crippen LogP) is 1.81. The number of nitrogens with one attached hydrogen (secondary N) is 1. The zero-order valence-corrected chi connectivity index (χ0v) is 9.54. The van der Waals surface area contributed by atoms with Crippen molar-refractivity contribution in [3.63, 3.8) is 0 Å². The van der Waals surface area contributed by atoms with E-state index in [4.69, 9.17) is 5.73 Å². The third-order valence-electron chi connectivity index (χ3n) is 2.02. The average Bonchev–Trinajstić information content (AvgIpc) is 2.24. The van der Waals surface area contributed by atoms with Crippen LogP contribution in [0.4, 0.5) is 5.69 Å². The van der Waals surface area contributed by atoms with E-state index in [0.29, 0.717) is 10.8 Å². The Morgan fingerprint density at radius 2 is 2.19 bits per heavy atom. The Morgan fingerprint density at radius 3 is 2.94 bits per heavy atom. The lowest BCUT2D eigenvalue weighted by atomic mass is 10.2. The number of anilines is 1. The predicted molar refractivity (Wildman–Crippen MR) is 64.6 cm³/mol. The molecule has 0 saturated heterocycles. The fourth-order valence-electron chi connectivity index (χ4n) is 1.24. The van der Waals surface area contributed by atoms with Gasteiger partial charge in [0.1, 0.15) is 0 Å². The van der Waals surface area contributed by atoms with Crippen LogP contribution in [0.25, 0.3) is 0 Å². The smallest absolute Gasteiger partial charge is 0.251 e. The summed E-state index contributed by atoms with van der Waals surface area (Å²) < 4.78 is 0. The van der Waals surface area contributed by atoms with Gasteiger partial charge in [0.2, 0.25) is 0 Å². The van der Waals surface area contributed by atoms with Gasteiger partial charge in [-0.05, 0) is 36.4 Å². The van der Waals surface area contributed by atoms with Crippen molar-refractivity contribution in [2.75, 3.05) is 5.73 Å². The molecule has 0 unspecified atom stereocenters. The van der Waals surface area contributed by atoms with Crippen LogP contribution in [-0.2, 0) is 0 Å². The Hall–Kier alpha value is -1.75. The third-order valence-corrected chi connectivity index (χ3v) is 3.00. The summed E-state index contributed by atoms with van der Waals surface area (Å²) in [5.41, 5.74) is 7.47. The summed E-state index contributed by atoms with van der Waals surface area (Å²) >= 11 is 1.35. The molecule has 0 bridgehead atoms. The number of H-pyrrole nitrogens is 1. The van der Waals surface area contributed by atoms with E-state index < -0.39 is 0 Å². The molecule has 0 aliphatic carbocycles. The highest BCUT2D eigenvalue weighted by Gasteiger charge is 2.03. The first kappa shape index (κ1) is 10.8. The van der Waals surface area contributed by atoms with Crippen molar-refractivity contribution in [3.05, 3.63) is 46.4 Å². The molecule has 3 N–H and O–H groups in total. The van der Waals surface area contributed by atoms with E-state index in [0.717, 1.165) is 10.5 Å². The monoisotopic (exact) mass is 233 g/mol. The minimum absolute atomic E-state index is 0.163. The molecule has 0 spiro atoms. The molecule has 1 heterocycles. The molecular formula is C11H11N3OS. The Balaban J connectivity index is 2.33. The maximum atomic E-state index is 11.1. The van der Waals surface area contributed by atoms with Crippen molar-refractivity contribution in [2.24, 2.45) is 0 Å². The number of nitrogens with zero attached hydrogens (tertiary/aromatic N) is 1. The lowest BCUT2D eigenvalue weighted by molar-refractivity contribution is 0.937. The van der Waals surface area contributed by atoms with Crippen molar-refractivity contribution in [1.82, 2.24) is 9.97 Å². The molecule has 2 aromatic rings. The fourth-order valence-corrected chi connectivity index (χ4v) is 2.14. The summed E-state index contributed by atoms with van der Waals surface area (Å²) in [5, 5.41) is 0.546. The number of aryl methyl sites for hydroxylation is 1. The molecular weight excluding hydrogens is 222 g/mol. The van der Waals surface area contributed by atoms with Crippen LogP contribution in [0.2, 0.25) is 0 Å². The van der Waals surface area contributed by atoms with Crippen molar-refractivity contribution >= 4 is 17.4 Å². The van der Waals surface area contributed by atoms with Crippen molar-refractivity contribution in [3.8, 4) is 0 Å². The van der Waals surface area contributed by atoms with Gasteiger partial charge in [-0.25, -0.2) is 4.98 Å². The Bertz CT molecular complexity index is 565. The van der Waals surface area contributed by atoms with Crippen LogP contribution in [0.15, 0.2) is 45.3 Å². The van der Waals surface area contributed by atoms with E-state index in [1.165, 1.54) is 24.0 Å². The number of hydrogen-bond acceptors (Lipinski definition) is 4. The fraction of sp³-hybridized carbons (Fsp3) is 0.0909. The lowest BCUT2D eigenvalue weighted by Crippen LogP contribution is -2.05. The van der Waals surface area contributed by atoms with Crippen LogP contribution in [0.3, 0.4) is 0 Å². The first-order valence-corrected chi connectivity index (χ1v) is 5.56. The van der Waals surface area contributed by atoms with Crippen LogP contribution >= 0.6 is 11.8 Å². The van der Waals surface area contributed by atoms with E-state index in [9.17, 15) is 4.79 Å². The zero-order valence-electron chi connectivity index (χ0n) is 8.73. The van der Waals surface area contributed by atoms with Crippen LogP contribution in [0.5, 0.6) is 0 Å². The van der Waals surface area contributed by atoms with Crippen LogP contribution in [-0.4, -0.2) is 9.97 Å². The summed E-state index contributed by atoms with van der Waals surface area (Å²) in [5.74, 6) is 0. The maximum Gasteiger partial charge on any atom is 0.251 e. The summed E-state index contributed by atoms with van der Waals surface area (Å²) in [6.45, 7) is 1.99. The van der Waals surface area contributed by atoms with Crippen molar-refractivity contribution in [2.45, 2.75) is 17.0 Å². The van der Waals surface area contributed by atoms with Crippen LogP contribution in [0.1, 0.15) is 5.56 Å². The lowest BCUT2D eigenvalue weighted by Gasteiger charge is -2.05. The molecule has 5 heteroatoms. The van der Waals surface area contributed by atoms with E-state index in [-0.39, 0.29) is 5.56 Å². The van der Waals surface area contributed by atoms with Crippen molar-refractivity contribution in [1.29, 1.82) is 0 Å². The molecule has 1 aromatic heterocycles. The van der Waals surface area contributed by atoms with Gasteiger partial charge in [-0.3, -0.25) is 4.79 Å². The second kappa shape index (κ2) is 4.40. The Morgan fingerprint density at radius 1 is 1.38 bits per heavy atom. The molecule has 0 radical (unpaired) electrons. The van der Waals surface area contributed by atoms with Gasteiger partial charge < -0.3 is 10.7 Å². The van der Waals surface area contributed by atoms with E-state index in [2.05, 4.69) is 9.97 Å². The van der Waals surface area contributed by atoms with Gasteiger partial charge in [0.05, 0.1) is 0 Å². The molecule has 82 valence electrons. The van der Waals surface area contributed by atoms with Gasteiger partial charge >= 0.3 is 0 Å². The summed E-state index contributed by atoms with van der Waals surface area (Å²) in [7, 11) is 0. The highest BCUT2D eigenvalue weighted by atomic mass is 32.2. The average molecular weight is 233 g/mol. The number of aromatic amines is 1. The van der Waals surface area contributed by atoms with Crippen LogP contribution < -0.4 is 11.3 Å². The number of aromatic nitrogens is 2. The Labute approximate surface area is 96.9 Å². The molecule has 0 amide bonds. The highest BCUT2D eigenvalue weighted by Crippen LogP contribution is 2.29. The second-order valence-electron chi connectivity index (χ2n) is 3.38. The molecule has 1 aromatic carbocycles. The molecule has 16 heavy (non-hydrogen) atoms. The van der Waals surface area contributed by atoms with Crippen LogP contribution in [0, 0.1) is 6.92 Å². The molecule has 0 fully saturated rings. The zero-order chi connectivity index (χ0) is 11.5. The molecule has 4 nitrogen and oxygen atoms in total. The van der Waals surface area contributed by atoms with Gasteiger partial charge in [-0.2, -0.15) is 0 Å². The molecule has 0 aliphatic heterocycles. The number of hydrogen-bond donors (Lipinski definition) is 2. The largest absolute Gasteiger partial charge is 0.398 e. The molecule has 0 atom stereocenters. The van der Waals surface area contributed by atoms with Crippen molar-refractivity contribution < 1.29 is 0 Å². The van der Waals surface area contributed by atoms with Gasteiger partial charge in [0.15, 0.2) is 5.16 Å². The Kier molecular flexibility index (Phi) is 2.96. The van der Waals surface area contributed by atoms with Gasteiger partial charge in [0.25, 0.3) is 5.56 Å². The number of rotatable bonds is 2. The number of nitrogen functional groups attached to an aromatic ring is 1. The topological polar surface area (TPSA) is 71.8 Å². The normalized spacial score (nSPS) is 10.3. The molecule has 0 aliphatic rings. The van der Waals surface area contributed by atoms with Gasteiger partial charge in [0, 0.05) is 22.8 Å². The van der Waals surface area contributed by atoms with E-state index in [1.54, 1.807) is 0 Å². The van der Waals surface area contributed by atoms with Gasteiger partial charge in [-0.1, -0.05) is 6.07 Å². The third kappa shape index (κ3) is 2.43. The maximum absolute atomic E-state index is 11.1. The summed E-state index contributed by atoms with van der Waals surface area (Å²) in [6.07, 6.45) is 1.48. The standard InChI is InChI=1S/C11H11N3OS/c1-7-2-3-8(12)9(6-7)16-11-13-5-4-10(15)14-11/h2-6H,12H2,1H3,(H,13,14,15). The molecule has 0 saturated carbocycles. The summed E-state index contributed by atoms with van der Waals surface area (Å²) in [6, 6.07) is 7.13.